The molecule has 1 aromatic heterocycles. The molecule has 2 aromatic rings. The minimum atomic E-state index is -0.420. The molecule has 17 heavy (non-hydrogen) atoms. The minimum Gasteiger partial charge on any atom is -0.384 e. The van der Waals surface area contributed by atoms with E-state index < -0.39 is 5.41 Å². The quantitative estimate of drug-likeness (QED) is 0.763. The van der Waals surface area contributed by atoms with Crippen LogP contribution in [-0.2, 0) is 0 Å². The first kappa shape index (κ1) is 11.6. The zero-order valence-electron chi connectivity index (χ0n) is 10.3. The summed E-state index contributed by atoms with van der Waals surface area (Å²) in [5.41, 5.74) is 6.74. The molecule has 2 N–H and O–H groups in total. The van der Waals surface area contributed by atoms with Gasteiger partial charge in [0.15, 0.2) is 5.78 Å². The van der Waals surface area contributed by atoms with Crippen molar-refractivity contribution in [3.05, 3.63) is 35.9 Å². The Bertz CT molecular complexity index is 582. The highest BCUT2D eigenvalue weighted by molar-refractivity contribution is 6.10. The molecule has 0 radical (unpaired) electrons. The van der Waals surface area contributed by atoms with Gasteiger partial charge in [-0.05, 0) is 12.1 Å². The largest absolute Gasteiger partial charge is 0.384 e. The first-order chi connectivity index (χ1) is 7.89. The van der Waals surface area contributed by atoms with Gasteiger partial charge in [-0.3, -0.25) is 4.79 Å². The van der Waals surface area contributed by atoms with Crippen molar-refractivity contribution in [2.75, 3.05) is 5.73 Å². The van der Waals surface area contributed by atoms with Crippen molar-refractivity contribution < 1.29 is 4.79 Å². The molecular weight excluding hydrogens is 212 g/mol. The molecule has 0 bridgehead atoms. The number of hydrogen-bond donors (Lipinski definition) is 1. The third-order valence-electron chi connectivity index (χ3n) is 2.66. The molecule has 0 aliphatic carbocycles. The SMILES string of the molecule is CC(C)(C)C(=O)c1cc(N)nc2ccccc12. The van der Waals surface area contributed by atoms with Gasteiger partial charge in [-0.25, -0.2) is 4.98 Å². The number of carbonyl (C=O) groups is 1. The molecule has 3 nitrogen and oxygen atoms in total. The molecule has 0 aliphatic heterocycles. The third kappa shape index (κ3) is 2.13. The maximum atomic E-state index is 12.3. The normalized spacial score (nSPS) is 11.7. The van der Waals surface area contributed by atoms with Crippen molar-refractivity contribution >= 4 is 22.5 Å². The number of nitrogens with zero attached hydrogens (tertiary/aromatic N) is 1. The summed E-state index contributed by atoms with van der Waals surface area (Å²) in [6.45, 7) is 5.71. The number of carbonyl (C=O) groups excluding carboxylic acids is 1. The maximum Gasteiger partial charge on any atom is 0.168 e. The summed E-state index contributed by atoms with van der Waals surface area (Å²) in [5, 5.41) is 0.863. The second kappa shape index (κ2) is 3.84. The van der Waals surface area contributed by atoms with Crippen LogP contribution >= 0.6 is 0 Å². The van der Waals surface area contributed by atoms with Crippen LogP contribution in [0.15, 0.2) is 30.3 Å². The minimum absolute atomic E-state index is 0.0859. The second-order valence-electron chi connectivity index (χ2n) is 5.19. The Balaban J connectivity index is 2.73. The summed E-state index contributed by atoms with van der Waals surface area (Å²) in [7, 11) is 0. The van der Waals surface area contributed by atoms with E-state index >= 15 is 0 Å². The molecule has 0 unspecified atom stereocenters. The number of ketones is 1. The highest BCUT2D eigenvalue weighted by Crippen LogP contribution is 2.27. The number of para-hydroxylation sites is 1. The van der Waals surface area contributed by atoms with Gasteiger partial charge in [0.2, 0.25) is 0 Å². The number of Topliss-reactive ketones (excluding diaryl/α,β-unsaturated/α-hetero) is 1. The smallest absolute Gasteiger partial charge is 0.168 e. The average Bonchev–Trinajstić information content (AvgIpc) is 2.25. The number of nitrogens with two attached hydrogens (primary N) is 1. The number of benzene rings is 1. The second-order valence-corrected chi connectivity index (χ2v) is 5.19. The van der Waals surface area contributed by atoms with Crippen LogP contribution in [0.25, 0.3) is 10.9 Å². The van der Waals surface area contributed by atoms with Gasteiger partial charge in [-0.2, -0.15) is 0 Å². The molecule has 3 heteroatoms. The van der Waals surface area contributed by atoms with Gasteiger partial charge in [-0.15, -0.1) is 0 Å². The Kier molecular flexibility index (Phi) is 2.62. The lowest BCUT2D eigenvalue weighted by Crippen LogP contribution is -2.20. The molecule has 0 saturated heterocycles. The summed E-state index contributed by atoms with van der Waals surface area (Å²) in [6.07, 6.45) is 0. The lowest BCUT2D eigenvalue weighted by Gasteiger charge is -2.18. The number of anilines is 1. The summed E-state index contributed by atoms with van der Waals surface area (Å²) in [4.78, 5) is 16.6. The average molecular weight is 228 g/mol. The molecule has 0 saturated carbocycles. The number of pyridine rings is 1. The standard InChI is InChI=1S/C14H16N2O/c1-14(2,3)13(17)10-8-12(15)16-11-7-5-4-6-9(10)11/h4-8H,1-3H3,(H2,15,16). The van der Waals surface area contributed by atoms with E-state index in [2.05, 4.69) is 4.98 Å². The van der Waals surface area contributed by atoms with E-state index in [0.29, 0.717) is 11.4 Å². The molecule has 2 rings (SSSR count). The monoisotopic (exact) mass is 228 g/mol. The van der Waals surface area contributed by atoms with Crippen LogP contribution in [0.2, 0.25) is 0 Å². The molecule has 0 fully saturated rings. The Labute approximate surface area is 101 Å². The van der Waals surface area contributed by atoms with Crippen molar-refractivity contribution in [1.82, 2.24) is 4.98 Å². The van der Waals surface area contributed by atoms with Gasteiger partial charge in [0.05, 0.1) is 5.52 Å². The zero-order chi connectivity index (χ0) is 12.6. The van der Waals surface area contributed by atoms with E-state index in [1.54, 1.807) is 6.07 Å². The van der Waals surface area contributed by atoms with Crippen molar-refractivity contribution in [1.29, 1.82) is 0 Å². The van der Waals surface area contributed by atoms with Crippen LogP contribution in [-0.4, -0.2) is 10.8 Å². The predicted molar refractivity (Wildman–Crippen MR) is 69.9 cm³/mol. The number of fused-ring (bicyclic) bond motifs is 1. The van der Waals surface area contributed by atoms with E-state index in [4.69, 9.17) is 5.73 Å². The van der Waals surface area contributed by atoms with Crippen molar-refractivity contribution in [3.63, 3.8) is 0 Å². The highest BCUT2D eigenvalue weighted by Gasteiger charge is 2.24. The number of aromatic nitrogens is 1. The lowest BCUT2D eigenvalue weighted by molar-refractivity contribution is 0.0860. The Morgan fingerprint density at radius 3 is 2.53 bits per heavy atom. The molecule has 88 valence electrons. The van der Waals surface area contributed by atoms with Gasteiger partial charge in [-0.1, -0.05) is 39.0 Å². The van der Waals surface area contributed by atoms with E-state index in [1.807, 2.05) is 45.0 Å². The molecule has 1 heterocycles. The van der Waals surface area contributed by atoms with E-state index in [0.717, 1.165) is 10.9 Å². The zero-order valence-corrected chi connectivity index (χ0v) is 10.3. The van der Waals surface area contributed by atoms with E-state index in [9.17, 15) is 4.79 Å². The summed E-state index contributed by atoms with van der Waals surface area (Å²) >= 11 is 0. The van der Waals surface area contributed by atoms with Gasteiger partial charge in [0.1, 0.15) is 5.82 Å². The maximum absolute atomic E-state index is 12.3. The molecule has 1 aromatic carbocycles. The van der Waals surface area contributed by atoms with Gasteiger partial charge in [0.25, 0.3) is 0 Å². The predicted octanol–water partition coefficient (Wildman–Crippen LogP) is 3.05. The van der Waals surface area contributed by atoms with Crippen molar-refractivity contribution in [3.8, 4) is 0 Å². The Morgan fingerprint density at radius 2 is 1.88 bits per heavy atom. The van der Waals surface area contributed by atoms with E-state index in [-0.39, 0.29) is 5.78 Å². The van der Waals surface area contributed by atoms with Crippen LogP contribution in [0, 0.1) is 5.41 Å². The first-order valence-corrected chi connectivity index (χ1v) is 5.59. The highest BCUT2D eigenvalue weighted by atomic mass is 16.1. The van der Waals surface area contributed by atoms with Crippen LogP contribution in [0.5, 0.6) is 0 Å². The van der Waals surface area contributed by atoms with E-state index in [1.165, 1.54) is 0 Å². The summed E-state index contributed by atoms with van der Waals surface area (Å²) < 4.78 is 0. The molecule has 0 spiro atoms. The lowest BCUT2D eigenvalue weighted by atomic mass is 9.85. The first-order valence-electron chi connectivity index (χ1n) is 5.59. The molecule has 0 amide bonds. The molecule has 0 atom stereocenters. The van der Waals surface area contributed by atoms with Crippen molar-refractivity contribution in [2.45, 2.75) is 20.8 Å². The van der Waals surface area contributed by atoms with Crippen LogP contribution in [0.1, 0.15) is 31.1 Å². The van der Waals surface area contributed by atoms with Gasteiger partial charge < -0.3 is 5.73 Å². The molecular formula is C14H16N2O. The Morgan fingerprint density at radius 1 is 1.24 bits per heavy atom. The number of hydrogen-bond acceptors (Lipinski definition) is 3. The Hall–Kier alpha value is -1.90. The fraction of sp³-hybridized carbons (Fsp3) is 0.286. The summed E-state index contributed by atoms with van der Waals surface area (Å²) in [5.74, 6) is 0.471. The van der Waals surface area contributed by atoms with Gasteiger partial charge >= 0.3 is 0 Å². The van der Waals surface area contributed by atoms with Crippen LogP contribution in [0.3, 0.4) is 0 Å². The third-order valence-corrected chi connectivity index (χ3v) is 2.66. The van der Waals surface area contributed by atoms with Crippen LogP contribution in [0.4, 0.5) is 5.82 Å². The number of rotatable bonds is 1. The number of nitrogen functional groups attached to an aromatic ring is 1. The fourth-order valence-electron chi connectivity index (χ4n) is 1.79. The van der Waals surface area contributed by atoms with Gasteiger partial charge in [0, 0.05) is 16.4 Å². The fourth-order valence-corrected chi connectivity index (χ4v) is 1.79. The molecule has 0 aliphatic rings. The van der Waals surface area contributed by atoms with Crippen LogP contribution < -0.4 is 5.73 Å². The van der Waals surface area contributed by atoms with Crippen molar-refractivity contribution in [2.24, 2.45) is 5.41 Å². The summed E-state index contributed by atoms with van der Waals surface area (Å²) in [6, 6.07) is 9.22. The topological polar surface area (TPSA) is 56.0 Å².